The Hall–Kier alpha value is -0.120. The van der Waals surface area contributed by atoms with E-state index in [2.05, 4.69) is 6.92 Å². The van der Waals surface area contributed by atoms with E-state index >= 15 is 0 Å². The first-order chi connectivity index (χ1) is 10.7. The first-order valence-electron chi connectivity index (χ1n) is 9.79. The summed E-state index contributed by atoms with van der Waals surface area (Å²) in [6.45, 7) is 7.84. The summed E-state index contributed by atoms with van der Waals surface area (Å²) in [4.78, 5) is 0. The van der Waals surface area contributed by atoms with E-state index in [0.29, 0.717) is 12.5 Å². The van der Waals surface area contributed by atoms with Gasteiger partial charge in [0.25, 0.3) is 0 Å². The zero-order valence-electron chi connectivity index (χ0n) is 16.1. The van der Waals surface area contributed by atoms with Gasteiger partial charge in [0.05, 0.1) is 0 Å². The normalized spacial score (nSPS) is 14.2. The molecule has 0 saturated carbocycles. The van der Waals surface area contributed by atoms with E-state index in [9.17, 15) is 10.2 Å². The average Bonchev–Trinajstić information content (AvgIpc) is 2.47. The number of aliphatic hydroxyl groups is 3. The van der Waals surface area contributed by atoms with Crippen molar-refractivity contribution in [1.82, 2.24) is 0 Å². The van der Waals surface area contributed by atoms with Crippen molar-refractivity contribution >= 4 is 0 Å². The van der Waals surface area contributed by atoms with Crippen LogP contribution < -0.4 is 0 Å². The van der Waals surface area contributed by atoms with Crippen molar-refractivity contribution in [2.75, 3.05) is 6.61 Å². The molecule has 0 aliphatic heterocycles. The molecule has 1 atom stereocenters. The highest BCUT2D eigenvalue weighted by atomic mass is 16.5. The molecule has 3 nitrogen and oxygen atoms in total. The van der Waals surface area contributed by atoms with Gasteiger partial charge in [0, 0.05) is 12.0 Å². The van der Waals surface area contributed by atoms with Crippen LogP contribution in [0.5, 0.6) is 0 Å². The Kier molecular flexibility index (Phi) is 12.2. The van der Waals surface area contributed by atoms with E-state index in [0.717, 1.165) is 12.8 Å². The second kappa shape index (κ2) is 12.3. The van der Waals surface area contributed by atoms with Crippen molar-refractivity contribution in [2.24, 2.45) is 11.3 Å². The molecule has 0 fully saturated rings. The Bertz CT molecular complexity index is 269. The zero-order valence-corrected chi connectivity index (χ0v) is 16.1. The van der Waals surface area contributed by atoms with Gasteiger partial charge in [0.15, 0.2) is 5.79 Å². The number of aliphatic hydroxyl groups excluding tert-OH is 1. The van der Waals surface area contributed by atoms with Crippen LogP contribution in [0.25, 0.3) is 0 Å². The SMILES string of the molecule is CC(CCCCCCCCCCCCCO)C(C)(C)C(C)(O)O. The van der Waals surface area contributed by atoms with E-state index in [-0.39, 0.29) is 0 Å². The Morgan fingerprint density at radius 3 is 1.35 bits per heavy atom. The van der Waals surface area contributed by atoms with Gasteiger partial charge in [-0.05, 0) is 19.3 Å². The molecule has 0 spiro atoms. The van der Waals surface area contributed by atoms with Gasteiger partial charge in [-0.25, -0.2) is 0 Å². The molecule has 0 aliphatic rings. The van der Waals surface area contributed by atoms with E-state index in [4.69, 9.17) is 5.11 Å². The molecule has 23 heavy (non-hydrogen) atoms. The first-order valence-corrected chi connectivity index (χ1v) is 9.79. The van der Waals surface area contributed by atoms with Gasteiger partial charge < -0.3 is 15.3 Å². The lowest BCUT2D eigenvalue weighted by Crippen LogP contribution is -2.45. The van der Waals surface area contributed by atoms with Crippen LogP contribution in [0.2, 0.25) is 0 Å². The maximum Gasteiger partial charge on any atom is 0.165 e. The molecular weight excluding hydrogens is 288 g/mol. The van der Waals surface area contributed by atoms with Crippen molar-refractivity contribution in [3.8, 4) is 0 Å². The summed E-state index contributed by atoms with van der Waals surface area (Å²) in [6, 6.07) is 0. The van der Waals surface area contributed by atoms with Crippen molar-refractivity contribution in [2.45, 2.75) is 111 Å². The molecule has 0 aromatic rings. The lowest BCUT2D eigenvalue weighted by molar-refractivity contribution is -0.234. The van der Waals surface area contributed by atoms with Gasteiger partial charge in [-0.3, -0.25) is 0 Å². The van der Waals surface area contributed by atoms with Crippen LogP contribution in [0, 0.1) is 11.3 Å². The highest BCUT2D eigenvalue weighted by Crippen LogP contribution is 2.39. The fourth-order valence-corrected chi connectivity index (χ4v) is 2.98. The highest BCUT2D eigenvalue weighted by Gasteiger charge is 2.41. The van der Waals surface area contributed by atoms with Crippen LogP contribution in [-0.2, 0) is 0 Å². The predicted octanol–water partition coefficient (Wildman–Crippen LogP) is 5.02. The third kappa shape index (κ3) is 10.4. The standard InChI is InChI=1S/C20H42O3/c1-18(19(2,3)20(4,22)23)16-14-12-10-8-6-5-7-9-11-13-15-17-21/h18,21-23H,5-17H2,1-4H3. The molecule has 140 valence electrons. The molecule has 0 rings (SSSR count). The molecule has 0 radical (unpaired) electrons. The Balaban J connectivity index is 3.46. The number of hydrogen-bond donors (Lipinski definition) is 3. The molecule has 3 N–H and O–H groups in total. The predicted molar refractivity (Wildman–Crippen MR) is 98.3 cm³/mol. The lowest BCUT2D eigenvalue weighted by Gasteiger charge is -2.40. The molecule has 3 heteroatoms. The fraction of sp³-hybridized carbons (Fsp3) is 1.00. The van der Waals surface area contributed by atoms with Crippen LogP contribution >= 0.6 is 0 Å². The van der Waals surface area contributed by atoms with Gasteiger partial charge in [0.2, 0.25) is 0 Å². The molecule has 0 aromatic heterocycles. The molecule has 0 amide bonds. The Labute approximate surface area is 144 Å². The van der Waals surface area contributed by atoms with Crippen LogP contribution in [0.4, 0.5) is 0 Å². The minimum absolute atomic E-state index is 0.307. The van der Waals surface area contributed by atoms with Crippen molar-refractivity contribution in [3.05, 3.63) is 0 Å². The summed E-state index contributed by atoms with van der Waals surface area (Å²) >= 11 is 0. The minimum Gasteiger partial charge on any atom is -0.396 e. The summed E-state index contributed by atoms with van der Waals surface area (Å²) in [7, 11) is 0. The summed E-state index contributed by atoms with van der Waals surface area (Å²) in [5.74, 6) is -1.30. The molecular formula is C20H42O3. The molecule has 0 heterocycles. The van der Waals surface area contributed by atoms with Crippen LogP contribution in [0.15, 0.2) is 0 Å². The topological polar surface area (TPSA) is 60.7 Å². The smallest absolute Gasteiger partial charge is 0.165 e. The van der Waals surface area contributed by atoms with E-state index in [1.54, 1.807) is 0 Å². The van der Waals surface area contributed by atoms with Gasteiger partial charge in [-0.2, -0.15) is 0 Å². The quantitative estimate of drug-likeness (QED) is 0.292. The Morgan fingerprint density at radius 2 is 1.00 bits per heavy atom. The number of unbranched alkanes of at least 4 members (excludes halogenated alkanes) is 10. The molecule has 1 unspecified atom stereocenters. The van der Waals surface area contributed by atoms with Crippen molar-refractivity contribution < 1.29 is 15.3 Å². The van der Waals surface area contributed by atoms with Gasteiger partial charge in [-0.15, -0.1) is 0 Å². The summed E-state index contributed by atoms with van der Waals surface area (Å²) < 4.78 is 0. The van der Waals surface area contributed by atoms with Crippen molar-refractivity contribution in [1.29, 1.82) is 0 Å². The second-order valence-electron chi connectivity index (χ2n) is 8.04. The second-order valence-corrected chi connectivity index (χ2v) is 8.04. The maximum atomic E-state index is 9.85. The third-order valence-corrected chi connectivity index (χ3v) is 5.75. The summed E-state index contributed by atoms with van der Waals surface area (Å²) in [5.41, 5.74) is -0.469. The minimum atomic E-state index is -1.61. The summed E-state index contributed by atoms with van der Waals surface area (Å²) in [6.07, 6.45) is 14.9. The molecule has 0 aliphatic carbocycles. The first kappa shape index (κ1) is 22.9. The molecule has 0 bridgehead atoms. The monoisotopic (exact) mass is 330 g/mol. The highest BCUT2D eigenvalue weighted by molar-refractivity contribution is 4.85. The number of rotatable bonds is 15. The Morgan fingerprint density at radius 1 is 0.652 bits per heavy atom. The molecule has 0 saturated heterocycles. The van der Waals surface area contributed by atoms with Crippen LogP contribution in [-0.4, -0.2) is 27.7 Å². The van der Waals surface area contributed by atoms with Crippen LogP contribution in [0.1, 0.15) is 105 Å². The van der Waals surface area contributed by atoms with E-state index < -0.39 is 11.2 Å². The lowest BCUT2D eigenvalue weighted by atomic mass is 9.71. The van der Waals surface area contributed by atoms with Crippen molar-refractivity contribution in [3.63, 3.8) is 0 Å². The van der Waals surface area contributed by atoms with Gasteiger partial charge in [0.1, 0.15) is 0 Å². The van der Waals surface area contributed by atoms with Gasteiger partial charge >= 0.3 is 0 Å². The average molecular weight is 331 g/mol. The van der Waals surface area contributed by atoms with E-state index in [1.165, 1.54) is 71.1 Å². The third-order valence-electron chi connectivity index (χ3n) is 5.75. The molecule has 0 aromatic carbocycles. The maximum absolute atomic E-state index is 9.85. The fourth-order valence-electron chi connectivity index (χ4n) is 2.98. The van der Waals surface area contributed by atoms with Gasteiger partial charge in [-0.1, -0.05) is 91.4 Å². The van der Waals surface area contributed by atoms with E-state index in [1.807, 2.05) is 13.8 Å². The zero-order chi connectivity index (χ0) is 17.8. The largest absolute Gasteiger partial charge is 0.396 e. The number of hydrogen-bond acceptors (Lipinski definition) is 3. The summed E-state index contributed by atoms with van der Waals surface area (Å²) in [5, 5.41) is 28.4. The van der Waals surface area contributed by atoms with Crippen LogP contribution in [0.3, 0.4) is 0 Å².